The number of amides is 2. The van der Waals surface area contributed by atoms with Gasteiger partial charge in [-0.15, -0.1) is 0 Å². The van der Waals surface area contributed by atoms with Crippen LogP contribution in [0.5, 0.6) is 0 Å². The molecule has 2 aromatic rings. The first-order valence-electron chi connectivity index (χ1n) is 7.16. The van der Waals surface area contributed by atoms with Crippen LogP contribution in [0.1, 0.15) is 28.3 Å². The van der Waals surface area contributed by atoms with Crippen LogP contribution < -0.4 is 10.9 Å². The molecule has 1 aliphatic carbocycles. The predicted octanol–water partition coefficient (Wildman–Crippen LogP) is 3.15. The zero-order valence-electron chi connectivity index (χ0n) is 12.1. The average Bonchev–Trinajstić information content (AvgIpc) is 3.34. The molecule has 0 saturated heterocycles. The summed E-state index contributed by atoms with van der Waals surface area (Å²) in [5, 5.41) is 0. The third-order valence-corrected chi connectivity index (χ3v) is 4.36. The molecule has 1 saturated carbocycles. The largest absolute Gasteiger partial charge is 0.273 e. The third kappa shape index (κ3) is 3.76. The Hall–Kier alpha value is -2.21. The Morgan fingerprint density at radius 1 is 1.00 bits per heavy atom. The summed E-state index contributed by atoms with van der Waals surface area (Å²) in [6.45, 7) is 0. The molecule has 1 fully saturated rings. The fraction of sp³-hybridized carbons (Fsp3) is 0.176. The van der Waals surface area contributed by atoms with Gasteiger partial charge in [0.15, 0.2) is 0 Å². The monoisotopic (exact) mass is 376 g/mol. The number of carbonyl (C=O) groups excluding carboxylic acids is 2. The molecule has 2 N–H and O–H groups in total. The van der Waals surface area contributed by atoms with Crippen LogP contribution in [0.25, 0.3) is 0 Å². The highest BCUT2D eigenvalue weighted by atomic mass is 79.9. The zero-order valence-corrected chi connectivity index (χ0v) is 13.6. The smallest absolute Gasteiger partial charge is 0.269 e. The van der Waals surface area contributed by atoms with E-state index in [1.54, 1.807) is 36.4 Å². The maximum absolute atomic E-state index is 12.9. The van der Waals surface area contributed by atoms with Crippen LogP contribution in [0.2, 0.25) is 0 Å². The van der Waals surface area contributed by atoms with Gasteiger partial charge in [0.25, 0.3) is 5.91 Å². The molecule has 0 aliphatic heterocycles. The summed E-state index contributed by atoms with van der Waals surface area (Å²) in [5.41, 5.74) is 6.24. The van der Waals surface area contributed by atoms with Crippen molar-refractivity contribution in [1.82, 2.24) is 10.9 Å². The van der Waals surface area contributed by atoms with Crippen LogP contribution in [-0.2, 0) is 4.79 Å². The first-order chi connectivity index (χ1) is 11.0. The molecule has 2 aromatic carbocycles. The van der Waals surface area contributed by atoms with Gasteiger partial charge in [-0.25, -0.2) is 4.39 Å². The molecule has 2 atom stereocenters. The van der Waals surface area contributed by atoms with Gasteiger partial charge in [0.2, 0.25) is 5.91 Å². The van der Waals surface area contributed by atoms with E-state index in [1.807, 2.05) is 0 Å². The molecule has 0 aromatic heterocycles. The van der Waals surface area contributed by atoms with E-state index in [4.69, 9.17) is 0 Å². The van der Waals surface area contributed by atoms with Crippen LogP contribution in [0.4, 0.5) is 4.39 Å². The Bertz CT molecular complexity index is 731. The quantitative estimate of drug-likeness (QED) is 0.808. The van der Waals surface area contributed by atoms with Gasteiger partial charge in [0.05, 0.1) is 0 Å². The summed E-state index contributed by atoms with van der Waals surface area (Å²) < 4.78 is 13.8. The molecule has 0 spiro atoms. The number of rotatable bonds is 3. The molecular weight excluding hydrogens is 363 g/mol. The van der Waals surface area contributed by atoms with Crippen molar-refractivity contribution in [2.45, 2.75) is 12.3 Å². The molecule has 0 heterocycles. The number of carbonyl (C=O) groups is 2. The van der Waals surface area contributed by atoms with Gasteiger partial charge in [-0.3, -0.25) is 20.4 Å². The van der Waals surface area contributed by atoms with Gasteiger partial charge in [-0.05, 0) is 54.3 Å². The summed E-state index contributed by atoms with van der Waals surface area (Å²) in [4.78, 5) is 23.9. The van der Waals surface area contributed by atoms with Crippen molar-refractivity contribution in [2.24, 2.45) is 5.92 Å². The first-order valence-corrected chi connectivity index (χ1v) is 7.95. The predicted molar refractivity (Wildman–Crippen MR) is 87.0 cm³/mol. The number of hydrogen-bond acceptors (Lipinski definition) is 2. The standard InChI is InChI=1S/C17H14BrFN2O2/c18-12-5-1-11(2-6-12)16(22)20-21-17(23)15-9-14(15)10-3-7-13(19)8-4-10/h1-8,14-15H,9H2,(H,20,22)(H,21,23). The second kappa shape index (κ2) is 6.50. The van der Waals surface area contributed by atoms with Gasteiger partial charge in [0.1, 0.15) is 5.82 Å². The SMILES string of the molecule is O=C(NNC(=O)C1CC1c1ccc(F)cc1)c1ccc(Br)cc1. The van der Waals surface area contributed by atoms with E-state index >= 15 is 0 Å². The molecule has 0 radical (unpaired) electrons. The summed E-state index contributed by atoms with van der Waals surface area (Å²) in [6.07, 6.45) is 0.700. The van der Waals surface area contributed by atoms with E-state index in [0.717, 1.165) is 10.0 Å². The minimum absolute atomic E-state index is 0.0835. The number of halogens is 2. The van der Waals surface area contributed by atoms with Crippen LogP contribution >= 0.6 is 15.9 Å². The molecule has 2 amide bonds. The summed E-state index contributed by atoms with van der Waals surface area (Å²) >= 11 is 3.29. The van der Waals surface area contributed by atoms with Crippen molar-refractivity contribution in [3.05, 3.63) is 69.9 Å². The molecule has 4 nitrogen and oxygen atoms in total. The second-order valence-corrected chi connectivity index (χ2v) is 6.37. The van der Waals surface area contributed by atoms with Crippen LogP contribution in [0.3, 0.4) is 0 Å². The molecule has 118 valence electrons. The lowest BCUT2D eigenvalue weighted by Crippen LogP contribution is -2.42. The van der Waals surface area contributed by atoms with E-state index in [2.05, 4.69) is 26.8 Å². The summed E-state index contributed by atoms with van der Waals surface area (Å²) in [6, 6.07) is 13.0. The van der Waals surface area contributed by atoms with Crippen LogP contribution in [0.15, 0.2) is 53.0 Å². The zero-order chi connectivity index (χ0) is 16.4. The van der Waals surface area contributed by atoms with E-state index in [9.17, 15) is 14.0 Å². The maximum atomic E-state index is 12.9. The maximum Gasteiger partial charge on any atom is 0.269 e. The van der Waals surface area contributed by atoms with Crippen molar-refractivity contribution in [2.75, 3.05) is 0 Å². The lowest BCUT2D eigenvalue weighted by molar-refractivity contribution is -0.123. The Labute approximate surface area is 141 Å². The highest BCUT2D eigenvalue weighted by Crippen LogP contribution is 2.47. The van der Waals surface area contributed by atoms with Crippen molar-refractivity contribution < 1.29 is 14.0 Å². The van der Waals surface area contributed by atoms with Crippen molar-refractivity contribution in [3.8, 4) is 0 Å². The van der Waals surface area contributed by atoms with Gasteiger partial charge >= 0.3 is 0 Å². The summed E-state index contributed by atoms with van der Waals surface area (Å²) in [7, 11) is 0. The fourth-order valence-electron chi connectivity index (χ4n) is 2.45. The first kappa shape index (κ1) is 15.7. The van der Waals surface area contributed by atoms with E-state index < -0.39 is 0 Å². The normalized spacial score (nSPS) is 19.0. The number of hydrazine groups is 1. The van der Waals surface area contributed by atoms with E-state index in [-0.39, 0.29) is 29.5 Å². The molecule has 3 rings (SSSR count). The molecular formula is C17H14BrFN2O2. The number of nitrogens with one attached hydrogen (secondary N) is 2. The minimum Gasteiger partial charge on any atom is -0.273 e. The average molecular weight is 377 g/mol. The van der Waals surface area contributed by atoms with Gasteiger partial charge in [-0.2, -0.15) is 0 Å². The Kier molecular flexibility index (Phi) is 4.43. The molecule has 2 unspecified atom stereocenters. The third-order valence-electron chi connectivity index (χ3n) is 3.83. The Balaban J connectivity index is 1.51. The Morgan fingerprint density at radius 2 is 1.65 bits per heavy atom. The number of benzene rings is 2. The highest BCUT2D eigenvalue weighted by Gasteiger charge is 2.44. The van der Waals surface area contributed by atoms with Gasteiger partial charge in [-0.1, -0.05) is 28.1 Å². The van der Waals surface area contributed by atoms with Crippen molar-refractivity contribution in [3.63, 3.8) is 0 Å². The van der Waals surface area contributed by atoms with E-state index in [0.29, 0.717) is 12.0 Å². The van der Waals surface area contributed by atoms with Crippen LogP contribution in [0, 0.1) is 11.7 Å². The number of hydrogen-bond donors (Lipinski definition) is 2. The van der Waals surface area contributed by atoms with Crippen LogP contribution in [-0.4, -0.2) is 11.8 Å². The van der Waals surface area contributed by atoms with Gasteiger partial charge in [0, 0.05) is 16.0 Å². The van der Waals surface area contributed by atoms with E-state index in [1.165, 1.54) is 12.1 Å². The summed E-state index contributed by atoms with van der Waals surface area (Å²) in [5.74, 6) is -1.00. The van der Waals surface area contributed by atoms with Crippen molar-refractivity contribution in [1.29, 1.82) is 0 Å². The van der Waals surface area contributed by atoms with Gasteiger partial charge < -0.3 is 0 Å². The fourth-order valence-corrected chi connectivity index (χ4v) is 2.71. The van der Waals surface area contributed by atoms with Crippen molar-refractivity contribution >= 4 is 27.7 Å². The molecule has 1 aliphatic rings. The molecule has 0 bridgehead atoms. The Morgan fingerprint density at radius 3 is 2.30 bits per heavy atom. The lowest BCUT2D eigenvalue weighted by Gasteiger charge is -2.07. The second-order valence-electron chi connectivity index (χ2n) is 5.45. The minimum atomic E-state index is -0.371. The lowest BCUT2D eigenvalue weighted by atomic mass is 10.1. The topological polar surface area (TPSA) is 58.2 Å². The molecule has 23 heavy (non-hydrogen) atoms. The highest BCUT2D eigenvalue weighted by molar-refractivity contribution is 9.10. The molecule has 6 heteroatoms.